The first-order valence-corrected chi connectivity index (χ1v) is 6.23. The van der Waals surface area contributed by atoms with Crippen molar-refractivity contribution in [3.05, 3.63) is 33.9 Å². The molecule has 0 aliphatic heterocycles. The molecular weight excluding hydrogens is 232 g/mol. The van der Waals surface area contributed by atoms with Crippen LogP contribution in [0.3, 0.4) is 0 Å². The summed E-state index contributed by atoms with van der Waals surface area (Å²) < 4.78 is 5.81. The topological polar surface area (TPSA) is 78.4 Å². The summed E-state index contributed by atoms with van der Waals surface area (Å²) >= 11 is 0. The molecule has 18 heavy (non-hydrogen) atoms. The summed E-state index contributed by atoms with van der Waals surface area (Å²) in [6.07, 6.45) is 3.96. The summed E-state index contributed by atoms with van der Waals surface area (Å²) in [5, 5.41) is 10.8. The van der Waals surface area contributed by atoms with Gasteiger partial charge in [-0.05, 0) is 44.2 Å². The molecule has 0 spiro atoms. The maximum Gasteiger partial charge on any atom is 0.273 e. The van der Waals surface area contributed by atoms with E-state index in [0.29, 0.717) is 5.75 Å². The number of nitrogens with two attached hydrogens (primary N) is 1. The van der Waals surface area contributed by atoms with Crippen LogP contribution in [0, 0.1) is 17.0 Å². The first-order valence-electron chi connectivity index (χ1n) is 6.23. The van der Waals surface area contributed by atoms with E-state index in [4.69, 9.17) is 10.5 Å². The molecule has 98 valence electrons. The molecule has 1 aromatic carbocycles. The second-order valence-corrected chi connectivity index (χ2v) is 4.93. The monoisotopic (exact) mass is 250 g/mol. The molecule has 0 heterocycles. The number of non-ortho nitro benzene ring substituents is 1. The van der Waals surface area contributed by atoms with E-state index in [9.17, 15) is 10.1 Å². The van der Waals surface area contributed by atoms with E-state index in [1.807, 2.05) is 13.0 Å². The largest absolute Gasteiger partial charge is 0.490 e. The van der Waals surface area contributed by atoms with Crippen LogP contribution in [-0.4, -0.2) is 17.1 Å². The molecule has 1 fully saturated rings. The van der Waals surface area contributed by atoms with Crippen molar-refractivity contribution in [2.45, 2.75) is 44.8 Å². The zero-order valence-electron chi connectivity index (χ0n) is 10.5. The molecule has 2 rings (SSSR count). The lowest BCUT2D eigenvalue weighted by Crippen LogP contribution is -2.33. The molecular formula is C13H18N2O3. The van der Waals surface area contributed by atoms with E-state index in [1.165, 1.54) is 6.07 Å². The van der Waals surface area contributed by atoms with Crippen LogP contribution in [0.25, 0.3) is 0 Å². The normalized spacial score (nSPS) is 23.7. The molecule has 5 nitrogen and oxygen atoms in total. The van der Waals surface area contributed by atoms with Crippen molar-refractivity contribution in [3.63, 3.8) is 0 Å². The number of rotatable bonds is 3. The van der Waals surface area contributed by atoms with Crippen LogP contribution in [0.1, 0.15) is 31.2 Å². The van der Waals surface area contributed by atoms with Crippen molar-refractivity contribution >= 4 is 5.69 Å². The van der Waals surface area contributed by atoms with Crippen LogP contribution in [-0.2, 0) is 0 Å². The predicted octanol–water partition coefficient (Wildman–Crippen LogP) is 2.55. The molecule has 0 amide bonds. The number of nitrogens with zero attached hydrogens (tertiary/aromatic N) is 1. The van der Waals surface area contributed by atoms with Crippen molar-refractivity contribution in [1.29, 1.82) is 0 Å². The smallest absolute Gasteiger partial charge is 0.273 e. The molecule has 1 saturated carbocycles. The Kier molecular flexibility index (Phi) is 3.81. The van der Waals surface area contributed by atoms with Gasteiger partial charge in [-0.25, -0.2) is 0 Å². The second kappa shape index (κ2) is 5.35. The standard InChI is InChI=1S/C13H18N2O3/c1-9-5-11(15(16)17)8-13(6-9)18-12-4-2-3-10(14)7-12/h5-6,8,10,12H,2-4,7,14H2,1H3. The fourth-order valence-electron chi connectivity index (χ4n) is 2.38. The third-order valence-corrected chi connectivity index (χ3v) is 3.22. The average Bonchev–Trinajstić information content (AvgIpc) is 2.28. The molecule has 2 atom stereocenters. The summed E-state index contributed by atoms with van der Waals surface area (Å²) in [6.45, 7) is 1.83. The van der Waals surface area contributed by atoms with Gasteiger partial charge in [-0.15, -0.1) is 0 Å². The Labute approximate surface area is 106 Å². The minimum Gasteiger partial charge on any atom is -0.490 e. The Bertz CT molecular complexity index is 448. The van der Waals surface area contributed by atoms with Crippen LogP contribution in [0.4, 0.5) is 5.69 Å². The van der Waals surface area contributed by atoms with Gasteiger partial charge in [0.05, 0.1) is 11.0 Å². The van der Waals surface area contributed by atoms with Gasteiger partial charge < -0.3 is 10.5 Å². The molecule has 0 radical (unpaired) electrons. The van der Waals surface area contributed by atoms with Crippen molar-refractivity contribution in [3.8, 4) is 5.75 Å². The van der Waals surface area contributed by atoms with Crippen LogP contribution < -0.4 is 10.5 Å². The minimum absolute atomic E-state index is 0.0742. The SMILES string of the molecule is Cc1cc(OC2CCCC(N)C2)cc([N+](=O)[O-])c1. The molecule has 0 bridgehead atoms. The van der Waals surface area contributed by atoms with Gasteiger partial charge >= 0.3 is 0 Å². The Balaban J connectivity index is 2.10. The molecule has 0 saturated heterocycles. The Morgan fingerprint density at radius 3 is 2.83 bits per heavy atom. The highest BCUT2D eigenvalue weighted by molar-refractivity contribution is 5.42. The fourth-order valence-corrected chi connectivity index (χ4v) is 2.38. The number of nitro groups is 1. The van der Waals surface area contributed by atoms with Gasteiger partial charge in [0, 0.05) is 12.1 Å². The summed E-state index contributed by atoms with van der Waals surface area (Å²) in [6, 6.07) is 5.03. The van der Waals surface area contributed by atoms with E-state index in [1.54, 1.807) is 6.07 Å². The average molecular weight is 250 g/mol. The van der Waals surface area contributed by atoms with Gasteiger partial charge in [0.2, 0.25) is 0 Å². The Morgan fingerprint density at radius 1 is 1.39 bits per heavy atom. The van der Waals surface area contributed by atoms with Crippen LogP contribution in [0.15, 0.2) is 18.2 Å². The summed E-state index contributed by atoms with van der Waals surface area (Å²) in [7, 11) is 0. The molecule has 1 aliphatic rings. The quantitative estimate of drug-likeness (QED) is 0.660. The van der Waals surface area contributed by atoms with Gasteiger partial charge in [-0.2, -0.15) is 0 Å². The van der Waals surface area contributed by atoms with Crippen molar-refractivity contribution in [2.75, 3.05) is 0 Å². The van der Waals surface area contributed by atoms with E-state index in [2.05, 4.69) is 0 Å². The third-order valence-electron chi connectivity index (χ3n) is 3.22. The highest BCUT2D eigenvalue weighted by atomic mass is 16.6. The van der Waals surface area contributed by atoms with Crippen molar-refractivity contribution in [2.24, 2.45) is 5.73 Å². The van der Waals surface area contributed by atoms with Crippen molar-refractivity contribution < 1.29 is 9.66 Å². The van der Waals surface area contributed by atoms with E-state index < -0.39 is 4.92 Å². The van der Waals surface area contributed by atoms with Crippen LogP contribution in [0.2, 0.25) is 0 Å². The third kappa shape index (κ3) is 3.20. The van der Waals surface area contributed by atoms with Gasteiger partial charge in [0.15, 0.2) is 0 Å². The minimum atomic E-state index is -0.396. The molecule has 2 unspecified atom stereocenters. The lowest BCUT2D eigenvalue weighted by atomic mass is 9.93. The van der Waals surface area contributed by atoms with Crippen LogP contribution in [0.5, 0.6) is 5.75 Å². The number of benzene rings is 1. The Hall–Kier alpha value is -1.62. The van der Waals surface area contributed by atoms with Gasteiger partial charge in [-0.3, -0.25) is 10.1 Å². The zero-order valence-corrected chi connectivity index (χ0v) is 10.5. The number of hydrogen-bond acceptors (Lipinski definition) is 4. The van der Waals surface area contributed by atoms with Crippen molar-refractivity contribution in [1.82, 2.24) is 0 Å². The Morgan fingerprint density at radius 2 is 2.17 bits per heavy atom. The zero-order chi connectivity index (χ0) is 13.1. The second-order valence-electron chi connectivity index (χ2n) is 4.93. The maximum absolute atomic E-state index is 10.8. The highest BCUT2D eigenvalue weighted by Crippen LogP contribution is 2.27. The van der Waals surface area contributed by atoms with Gasteiger partial charge in [-0.1, -0.05) is 0 Å². The number of hydrogen-bond donors (Lipinski definition) is 1. The number of aryl methyl sites for hydroxylation is 1. The lowest BCUT2D eigenvalue weighted by molar-refractivity contribution is -0.385. The molecule has 1 aliphatic carbocycles. The summed E-state index contributed by atoms with van der Waals surface area (Å²) in [5.41, 5.74) is 6.81. The first-order chi connectivity index (χ1) is 8.54. The molecule has 5 heteroatoms. The van der Waals surface area contributed by atoms with Gasteiger partial charge in [0.25, 0.3) is 5.69 Å². The number of ether oxygens (including phenoxy) is 1. The molecule has 1 aromatic rings. The highest BCUT2D eigenvalue weighted by Gasteiger charge is 2.21. The number of nitro benzene ring substituents is 1. The predicted molar refractivity (Wildman–Crippen MR) is 68.7 cm³/mol. The summed E-state index contributed by atoms with van der Waals surface area (Å²) in [5.74, 6) is 0.570. The van der Waals surface area contributed by atoms with Gasteiger partial charge in [0.1, 0.15) is 11.9 Å². The fraction of sp³-hybridized carbons (Fsp3) is 0.538. The van der Waals surface area contributed by atoms with E-state index in [0.717, 1.165) is 31.2 Å². The van der Waals surface area contributed by atoms with Crippen LogP contribution >= 0.6 is 0 Å². The van der Waals surface area contributed by atoms with E-state index >= 15 is 0 Å². The molecule has 0 aromatic heterocycles. The maximum atomic E-state index is 10.8. The first kappa shape index (κ1) is 12.8. The lowest BCUT2D eigenvalue weighted by Gasteiger charge is -2.27. The van der Waals surface area contributed by atoms with E-state index in [-0.39, 0.29) is 17.8 Å². The summed E-state index contributed by atoms with van der Waals surface area (Å²) in [4.78, 5) is 10.4. The molecule has 2 N–H and O–H groups in total.